The largest absolute Gasteiger partial charge is 0.480 e. The van der Waals surface area contributed by atoms with E-state index in [9.17, 15) is 37.1 Å². The Hall–Kier alpha value is -2.35. The van der Waals surface area contributed by atoms with Gasteiger partial charge in [0.25, 0.3) is 0 Å². The lowest BCUT2D eigenvalue weighted by molar-refractivity contribution is -0.167. The number of carboxylic acids is 2. The van der Waals surface area contributed by atoms with E-state index in [1.807, 2.05) is 5.32 Å². The van der Waals surface area contributed by atoms with Gasteiger partial charge in [-0.15, -0.1) is 0 Å². The zero-order valence-corrected chi connectivity index (χ0v) is 14.6. The number of thioether (sulfide) groups is 1. The van der Waals surface area contributed by atoms with E-state index in [1.54, 1.807) is 0 Å². The number of aliphatic carboxylic acids is 2. The molecule has 2 amide bonds. The fourth-order valence-corrected chi connectivity index (χ4v) is 2.43. The number of hydrogen-bond acceptors (Lipinski definition) is 7. The summed E-state index contributed by atoms with van der Waals surface area (Å²) < 4.78 is 36.5. The van der Waals surface area contributed by atoms with Gasteiger partial charge in [0.1, 0.15) is 18.6 Å². The summed E-state index contributed by atoms with van der Waals surface area (Å²) in [6, 6.07) is -2.75. The Bertz CT molecular complexity index is 586. The number of alkyl halides is 3. The van der Waals surface area contributed by atoms with Crippen molar-refractivity contribution in [3.8, 4) is 0 Å². The molecule has 10 nitrogen and oxygen atoms in total. The molecule has 0 aliphatic rings. The number of nitrogens with two attached hydrogens (primary N) is 1. The Balaban J connectivity index is 4.75. The highest BCUT2D eigenvalue weighted by Crippen LogP contribution is 2.19. The molecule has 0 aromatic heterocycles. The topological polar surface area (TPSA) is 176 Å². The Kier molecular flexibility index (Phi) is 10.4. The Morgan fingerprint density at radius 3 is 2.19 bits per heavy atom. The van der Waals surface area contributed by atoms with Crippen molar-refractivity contribution in [2.24, 2.45) is 5.73 Å². The fraction of sp³-hybridized carbons (Fsp3) is 0.615. The maximum atomic E-state index is 12.2. The summed E-state index contributed by atoms with van der Waals surface area (Å²) in [4.78, 5) is 55.5. The molecule has 0 heterocycles. The Morgan fingerprint density at radius 1 is 1.11 bits per heavy atom. The van der Waals surface area contributed by atoms with E-state index in [4.69, 9.17) is 15.9 Å². The lowest BCUT2D eigenvalue weighted by Crippen LogP contribution is -2.49. The zero-order valence-electron chi connectivity index (χ0n) is 13.7. The normalized spacial score (nSPS) is 13.3. The third-order valence-electron chi connectivity index (χ3n) is 2.90. The minimum Gasteiger partial charge on any atom is -0.480 e. The summed E-state index contributed by atoms with van der Waals surface area (Å²) >= 11 is 0.419. The number of hydrogen-bond donors (Lipinski definition) is 5. The number of Topliss-reactive ketones (excluding diaryl/α,β-unsaturated/α-hetero) is 1. The van der Waals surface area contributed by atoms with E-state index in [0.29, 0.717) is 11.8 Å². The third-order valence-corrected chi connectivity index (χ3v) is 3.93. The van der Waals surface area contributed by atoms with E-state index in [-0.39, 0.29) is 12.8 Å². The van der Waals surface area contributed by atoms with Gasteiger partial charge in [-0.05, 0) is 6.42 Å². The van der Waals surface area contributed by atoms with Crippen LogP contribution in [-0.2, 0) is 24.0 Å². The van der Waals surface area contributed by atoms with Crippen molar-refractivity contribution in [3.05, 3.63) is 0 Å². The lowest BCUT2D eigenvalue weighted by Gasteiger charge is -2.18. The molecule has 6 N–H and O–H groups in total. The van der Waals surface area contributed by atoms with Gasteiger partial charge in [-0.3, -0.25) is 24.0 Å². The van der Waals surface area contributed by atoms with Gasteiger partial charge in [0.2, 0.25) is 17.6 Å². The van der Waals surface area contributed by atoms with Gasteiger partial charge in [0.05, 0.1) is 5.75 Å². The van der Waals surface area contributed by atoms with E-state index < -0.39 is 65.8 Å². The van der Waals surface area contributed by atoms with Crippen LogP contribution in [-0.4, -0.2) is 76.1 Å². The van der Waals surface area contributed by atoms with Crippen LogP contribution in [0.15, 0.2) is 0 Å². The maximum Gasteiger partial charge on any atom is 0.450 e. The zero-order chi connectivity index (χ0) is 21.2. The first-order chi connectivity index (χ1) is 12.3. The van der Waals surface area contributed by atoms with Crippen molar-refractivity contribution in [2.75, 3.05) is 18.1 Å². The van der Waals surface area contributed by atoms with Crippen molar-refractivity contribution >= 4 is 41.3 Å². The second kappa shape index (κ2) is 11.4. The molecule has 0 radical (unpaired) electrons. The molecule has 0 bridgehead atoms. The first-order valence-electron chi connectivity index (χ1n) is 7.29. The molecular weight excluding hydrogens is 399 g/mol. The molecular formula is C13H18F3N3O7S. The number of carboxylic acid groups (broad SMARTS) is 2. The molecule has 27 heavy (non-hydrogen) atoms. The van der Waals surface area contributed by atoms with E-state index in [2.05, 4.69) is 5.32 Å². The fourth-order valence-electron chi connectivity index (χ4n) is 1.50. The molecule has 0 rings (SSSR count). The number of carbonyl (C=O) groups excluding carboxylic acids is 3. The average Bonchev–Trinajstić information content (AvgIpc) is 2.55. The summed E-state index contributed by atoms with van der Waals surface area (Å²) in [5.74, 6) is -8.00. The molecule has 2 atom stereocenters. The minimum atomic E-state index is -5.04. The molecule has 0 saturated heterocycles. The van der Waals surface area contributed by atoms with Gasteiger partial charge >= 0.3 is 18.1 Å². The summed E-state index contributed by atoms with van der Waals surface area (Å²) in [5.41, 5.74) is 5.22. The summed E-state index contributed by atoms with van der Waals surface area (Å²) in [7, 11) is 0. The number of ketones is 1. The van der Waals surface area contributed by atoms with Crippen LogP contribution in [0.5, 0.6) is 0 Å². The van der Waals surface area contributed by atoms with E-state index >= 15 is 0 Å². The number of halogens is 3. The van der Waals surface area contributed by atoms with Crippen molar-refractivity contribution in [1.82, 2.24) is 10.6 Å². The van der Waals surface area contributed by atoms with Crippen LogP contribution in [0.2, 0.25) is 0 Å². The highest BCUT2D eigenvalue weighted by molar-refractivity contribution is 8.00. The first kappa shape index (κ1) is 24.7. The Morgan fingerprint density at radius 2 is 1.70 bits per heavy atom. The van der Waals surface area contributed by atoms with Crippen LogP contribution < -0.4 is 16.4 Å². The third kappa shape index (κ3) is 11.1. The second-order valence-corrected chi connectivity index (χ2v) is 6.18. The van der Waals surface area contributed by atoms with Gasteiger partial charge in [-0.25, -0.2) is 0 Å². The standard InChI is InChI=1S/C13H18F3N3O7S/c14-13(15,16)8(20)5-27-4-7(11(24)18-3-10(22)23)19-9(21)2-1-6(17)12(25)26/h6-7H,1-5,17H2,(H,18,24)(H,19,21)(H,22,23)(H,25,26)/t6-,7-/m0/s1. The summed E-state index contributed by atoms with van der Waals surface area (Å²) in [5, 5.41) is 21.2. The monoisotopic (exact) mass is 417 g/mol. The number of amides is 2. The molecule has 0 saturated carbocycles. The van der Waals surface area contributed by atoms with Crippen LogP contribution in [0.1, 0.15) is 12.8 Å². The van der Waals surface area contributed by atoms with Crippen LogP contribution >= 0.6 is 11.8 Å². The first-order valence-corrected chi connectivity index (χ1v) is 8.45. The molecule has 0 aliphatic heterocycles. The van der Waals surface area contributed by atoms with Gasteiger partial charge < -0.3 is 26.6 Å². The van der Waals surface area contributed by atoms with Gasteiger partial charge in [-0.1, -0.05) is 0 Å². The highest BCUT2D eigenvalue weighted by atomic mass is 32.2. The van der Waals surface area contributed by atoms with Crippen LogP contribution in [0.25, 0.3) is 0 Å². The molecule has 0 aromatic carbocycles. The van der Waals surface area contributed by atoms with Crippen LogP contribution in [0.3, 0.4) is 0 Å². The number of rotatable bonds is 12. The molecule has 0 aromatic rings. The molecule has 0 unspecified atom stereocenters. The lowest BCUT2D eigenvalue weighted by atomic mass is 10.1. The Labute approximate surface area is 155 Å². The van der Waals surface area contributed by atoms with E-state index in [0.717, 1.165) is 0 Å². The van der Waals surface area contributed by atoms with Crippen molar-refractivity contribution in [3.63, 3.8) is 0 Å². The van der Waals surface area contributed by atoms with Gasteiger partial charge in [-0.2, -0.15) is 24.9 Å². The van der Waals surface area contributed by atoms with Crippen molar-refractivity contribution in [2.45, 2.75) is 31.1 Å². The molecule has 0 spiro atoms. The van der Waals surface area contributed by atoms with Crippen molar-refractivity contribution < 1.29 is 47.4 Å². The predicted molar refractivity (Wildman–Crippen MR) is 85.8 cm³/mol. The molecule has 0 aliphatic carbocycles. The summed E-state index contributed by atoms with van der Waals surface area (Å²) in [6.07, 6.45) is -5.68. The average molecular weight is 417 g/mol. The summed E-state index contributed by atoms with van der Waals surface area (Å²) in [6.45, 7) is -0.790. The van der Waals surface area contributed by atoms with Crippen molar-refractivity contribution in [1.29, 1.82) is 0 Å². The second-order valence-electron chi connectivity index (χ2n) is 5.15. The van der Waals surface area contributed by atoms with Crippen LogP contribution in [0.4, 0.5) is 13.2 Å². The molecule has 154 valence electrons. The smallest absolute Gasteiger partial charge is 0.450 e. The molecule has 0 fully saturated rings. The van der Waals surface area contributed by atoms with E-state index in [1.165, 1.54) is 0 Å². The minimum absolute atomic E-state index is 0.260. The number of carbonyl (C=O) groups is 5. The predicted octanol–water partition coefficient (Wildman–Crippen LogP) is -1.27. The van der Waals surface area contributed by atoms with Gasteiger partial charge in [0, 0.05) is 12.2 Å². The van der Waals surface area contributed by atoms with Gasteiger partial charge in [0.15, 0.2) is 0 Å². The quantitative estimate of drug-likeness (QED) is 0.259. The molecule has 14 heteroatoms. The number of nitrogens with one attached hydrogen (secondary N) is 2. The SMILES string of the molecule is N[C@@H](CCC(=O)N[C@@H](CSCC(=O)C(F)(F)F)C(=O)NCC(=O)O)C(=O)O. The van der Waals surface area contributed by atoms with Crippen LogP contribution in [0, 0.1) is 0 Å². The maximum absolute atomic E-state index is 12.2. The highest BCUT2D eigenvalue weighted by Gasteiger charge is 2.37.